The minimum absolute atomic E-state index is 0.139. The molecule has 1 atom stereocenters. The quantitative estimate of drug-likeness (QED) is 0.775. The third-order valence-electron chi connectivity index (χ3n) is 5.12. The van der Waals surface area contributed by atoms with Gasteiger partial charge in [0.15, 0.2) is 9.84 Å². The molecule has 4 rings (SSSR count). The Balaban J connectivity index is 1.49. The molecule has 1 fully saturated rings. The smallest absolute Gasteiger partial charge is 0.356 e. The van der Waals surface area contributed by atoms with Gasteiger partial charge in [0.2, 0.25) is 0 Å². The van der Waals surface area contributed by atoms with E-state index < -0.39 is 21.6 Å². The first-order valence-corrected chi connectivity index (χ1v) is 10.2. The molecule has 2 aromatic rings. The highest BCUT2D eigenvalue weighted by molar-refractivity contribution is 7.94. The fraction of sp³-hybridized carbons (Fsp3) is 0.316. The highest BCUT2D eigenvalue weighted by Crippen LogP contribution is 2.39. The first-order chi connectivity index (χ1) is 12.7. The van der Waals surface area contributed by atoms with Gasteiger partial charge in [-0.05, 0) is 36.2 Å². The van der Waals surface area contributed by atoms with Gasteiger partial charge in [-0.15, -0.1) is 0 Å². The maximum absolute atomic E-state index is 12.7. The summed E-state index contributed by atoms with van der Waals surface area (Å²) in [5.74, 6) is 0.875. The number of pyridine rings is 1. The van der Waals surface area contributed by atoms with Gasteiger partial charge in [0.05, 0.1) is 11.3 Å². The molecule has 3 heterocycles. The highest BCUT2D eigenvalue weighted by atomic mass is 32.2. The average Bonchev–Trinajstić information content (AvgIpc) is 3.17. The number of benzene rings is 1. The molecule has 0 amide bonds. The summed E-state index contributed by atoms with van der Waals surface area (Å²) in [6.45, 7) is 1.31. The van der Waals surface area contributed by atoms with E-state index >= 15 is 0 Å². The van der Waals surface area contributed by atoms with Gasteiger partial charge in [-0.2, -0.15) is 13.2 Å². The van der Waals surface area contributed by atoms with E-state index in [2.05, 4.69) is 4.98 Å². The van der Waals surface area contributed by atoms with Gasteiger partial charge in [0, 0.05) is 35.7 Å². The molecule has 2 aliphatic heterocycles. The molecule has 0 bridgehead atoms. The second kappa shape index (κ2) is 6.09. The summed E-state index contributed by atoms with van der Waals surface area (Å²) in [6, 6.07) is 8.61. The van der Waals surface area contributed by atoms with E-state index in [9.17, 15) is 21.6 Å². The first-order valence-electron chi connectivity index (χ1n) is 8.47. The molecular weight excluding hydrogens is 377 g/mol. The number of hydrogen-bond acceptors (Lipinski definition) is 4. The third kappa shape index (κ3) is 3.58. The molecule has 1 saturated heterocycles. The summed E-state index contributed by atoms with van der Waals surface area (Å²) >= 11 is 0. The highest BCUT2D eigenvalue weighted by Gasteiger charge is 2.43. The fourth-order valence-corrected chi connectivity index (χ4v) is 5.41. The summed E-state index contributed by atoms with van der Waals surface area (Å²) < 4.78 is 61.4. The molecule has 1 aromatic carbocycles. The van der Waals surface area contributed by atoms with Crippen molar-refractivity contribution in [3.8, 4) is 11.1 Å². The predicted molar refractivity (Wildman–Crippen MR) is 96.9 cm³/mol. The van der Waals surface area contributed by atoms with Crippen LogP contribution in [-0.2, 0) is 16.0 Å². The van der Waals surface area contributed by atoms with Crippen LogP contribution in [0, 0.1) is 5.41 Å². The summed E-state index contributed by atoms with van der Waals surface area (Å²) in [5, 5.41) is 1.30. The van der Waals surface area contributed by atoms with Crippen molar-refractivity contribution < 1.29 is 21.6 Å². The molecule has 142 valence electrons. The van der Waals surface area contributed by atoms with Crippen molar-refractivity contribution in [2.75, 3.05) is 23.7 Å². The van der Waals surface area contributed by atoms with E-state index in [1.165, 1.54) is 17.5 Å². The lowest BCUT2D eigenvalue weighted by atomic mass is 9.90. The van der Waals surface area contributed by atoms with Gasteiger partial charge in [-0.25, -0.2) is 13.4 Å². The van der Waals surface area contributed by atoms with Crippen LogP contribution in [0.15, 0.2) is 54.1 Å². The zero-order valence-electron chi connectivity index (χ0n) is 14.3. The number of nitrogens with zero attached hydrogens (tertiary/aromatic N) is 2. The van der Waals surface area contributed by atoms with Gasteiger partial charge in [0.25, 0.3) is 0 Å². The normalized spacial score (nSPS) is 24.0. The maximum atomic E-state index is 12.7. The SMILES string of the molecule is O=S1(=O)C=CC2(CCN(c3ccc(-c4ccc(C(F)(F)F)cc4)cn3)C2)C1. The van der Waals surface area contributed by atoms with Crippen molar-refractivity contribution >= 4 is 15.7 Å². The van der Waals surface area contributed by atoms with E-state index in [0.29, 0.717) is 18.7 Å². The summed E-state index contributed by atoms with van der Waals surface area (Å²) in [6.07, 6.45) is -0.178. The number of rotatable bonds is 2. The Hall–Kier alpha value is -2.35. The second-order valence-electron chi connectivity index (χ2n) is 7.12. The summed E-state index contributed by atoms with van der Waals surface area (Å²) in [5.41, 5.74) is 0.360. The lowest BCUT2D eigenvalue weighted by Crippen LogP contribution is -2.28. The van der Waals surface area contributed by atoms with Crippen LogP contribution in [0.1, 0.15) is 12.0 Å². The Morgan fingerprint density at radius 1 is 1.04 bits per heavy atom. The topological polar surface area (TPSA) is 50.3 Å². The molecule has 1 unspecified atom stereocenters. The van der Waals surface area contributed by atoms with Gasteiger partial charge in [-0.1, -0.05) is 18.2 Å². The fourth-order valence-electron chi connectivity index (χ4n) is 3.69. The summed E-state index contributed by atoms with van der Waals surface area (Å²) in [4.78, 5) is 6.47. The van der Waals surface area contributed by atoms with Crippen LogP contribution in [0.2, 0.25) is 0 Å². The first kappa shape index (κ1) is 18.0. The molecule has 1 aromatic heterocycles. The van der Waals surface area contributed by atoms with Crippen LogP contribution >= 0.6 is 0 Å². The van der Waals surface area contributed by atoms with E-state index in [1.807, 2.05) is 17.0 Å². The molecule has 0 saturated carbocycles. The number of hydrogen-bond donors (Lipinski definition) is 0. The standard InChI is InChI=1S/C19H17F3N2O2S/c20-19(21,22)16-4-1-14(2-5-16)15-3-6-17(23-11-15)24-9-7-18(12-24)8-10-27(25,26)13-18/h1-6,8,10-11H,7,9,12-13H2. The minimum Gasteiger partial charge on any atom is -0.356 e. The molecule has 27 heavy (non-hydrogen) atoms. The van der Waals surface area contributed by atoms with Gasteiger partial charge in [0.1, 0.15) is 5.82 Å². The van der Waals surface area contributed by atoms with Crippen LogP contribution in [0.4, 0.5) is 19.0 Å². The average molecular weight is 394 g/mol. The van der Waals surface area contributed by atoms with Crippen molar-refractivity contribution in [2.45, 2.75) is 12.6 Å². The lowest BCUT2D eigenvalue weighted by molar-refractivity contribution is -0.137. The number of anilines is 1. The Morgan fingerprint density at radius 3 is 2.30 bits per heavy atom. The zero-order chi connectivity index (χ0) is 19.3. The minimum atomic E-state index is -4.35. The molecule has 8 heteroatoms. The van der Waals surface area contributed by atoms with Gasteiger partial charge < -0.3 is 4.90 Å². The third-order valence-corrected chi connectivity index (χ3v) is 6.65. The maximum Gasteiger partial charge on any atom is 0.416 e. The molecule has 0 radical (unpaired) electrons. The molecule has 0 aliphatic carbocycles. The van der Waals surface area contributed by atoms with E-state index in [1.54, 1.807) is 12.3 Å². The Morgan fingerprint density at radius 2 is 1.74 bits per heavy atom. The predicted octanol–water partition coefficient (Wildman–Crippen LogP) is 3.91. The molecular formula is C19H17F3N2O2S. The molecule has 1 spiro atoms. The van der Waals surface area contributed by atoms with Crippen LogP contribution < -0.4 is 4.90 Å². The van der Waals surface area contributed by atoms with Crippen molar-refractivity contribution in [2.24, 2.45) is 5.41 Å². The zero-order valence-corrected chi connectivity index (χ0v) is 15.1. The van der Waals surface area contributed by atoms with Gasteiger partial charge >= 0.3 is 6.18 Å². The Bertz CT molecular complexity index is 983. The molecule has 0 N–H and O–H groups in total. The lowest BCUT2D eigenvalue weighted by Gasteiger charge is -2.22. The van der Waals surface area contributed by atoms with E-state index in [0.717, 1.165) is 29.9 Å². The van der Waals surface area contributed by atoms with E-state index in [-0.39, 0.29) is 11.2 Å². The molecule has 4 nitrogen and oxygen atoms in total. The monoisotopic (exact) mass is 394 g/mol. The molecule has 2 aliphatic rings. The van der Waals surface area contributed by atoms with Crippen molar-refractivity contribution in [1.29, 1.82) is 0 Å². The van der Waals surface area contributed by atoms with Crippen molar-refractivity contribution in [3.05, 3.63) is 59.6 Å². The van der Waals surface area contributed by atoms with Crippen LogP contribution in [0.25, 0.3) is 11.1 Å². The number of aromatic nitrogens is 1. The van der Waals surface area contributed by atoms with Crippen molar-refractivity contribution in [3.63, 3.8) is 0 Å². The van der Waals surface area contributed by atoms with Crippen LogP contribution in [0.3, 0.4) is 0 Å². The Kier molecular flexibility index (Phi) is 4.06. The van der Waals surface area contributed by atoms with Crippen molar-refractivity contribution in [1.82, 2.24) is 4.98 Å². The summed E-state index contributed by atoms with van der Waals surface area (Å²) in [7, 11) is -3.11. The van der Waals surface area contributed by atoms with Crippen LogP contribution in [0.5, 0.6) is 0 Å². The number of halogens is 3. The number of sulfone groups is 1. The second-order valence-corrected chi connectivity index (χ2v) is 9.01. The Labute approximate surface area is 155 Å². The van der Waals surface area contributed by atoms with E-state index in [4.69, 9.17) is 0 Å². The number of alkyl halides is 3. The largest absolute Gasteiger partial charge is 0.416 e. The van der Waals surface area contributed by atoms with Crippen LogP contribution in [-0.4, -0.2) is 32.2 Å². The van der Waals surface area contributed by atoms with Gasteiger partial charge in [-0.3, -0.25) is 0 Å².